The zero-order valence-corrected chi connectivity index (χ0v) is 29.2. The summed E-state index contributed by atoms with van der Waals surface area (Å²) in [4.78, 5) is 57.6. The molecule has 0 saturated heterocycles. The summed E-state index contributed by atoms with van der Waals surface area (Å²) in [6.45, 7) is 13.8. The number of aromatic nitrogens is 1. The lowest BCUT2D eigenvalue weighted by atomic mass is 9.81. The molecule has 256 valence electrons. The molecule has 0 radical (unpaired) electrons. The minimum Gasteiger partial charge on any atom is -0.515 e. The van der Waals surface area contributed by atoms with Gasteiger partial charge in [0.05, 0.1) is 79.4 Å². The van der Waals surface area contributed by atoms with Crippen LogP contribution in [0.4, 0.5) is 0 Å². The second-order valence-corrected chi connectivity index (χ2v) is 12.3. The molecule has 4 aliphatic heterocycles. The summed E-state index contributed by atoms with van der Waals surface area (Å²) in [5.74, 6) is -2.39. The van der Waals surface area contributed by atoms with Crippen molar-refractivity contribution in [2.75, 3.05) is 21.3 Å². The summed E-state index contributed by atoms with van der Waals surface area (Å²) in [6, 6.07) is 0. The molecule has 0 unspecified atom stereocenters. The Balaban J connectivity index is 1.93. The molecule has 49 heavy (non-hydrogen) atoms. The second kappa shape index (κ2) is 14.0. The van der Waals surface area contributed by atoms with Gasteiger partial charge in [0, 0.05) is 40.8 Å². The summed E-state index contributed by atoms with van der Waals surface area (Å²) in [7, 11) is 3.91. The monoisotopic (exact) mass is 666 g/mol. The summed E-state index contributed by atoms with van der Waals surface area (Å²) >= 11 is 0. The molecule has 11 heteroatoms. The highest BCUT2D eigenvalue weighted by Crippen LogP contribution is 2.44. The van der Waals surface area contributed by atoms with Gasteiger partial charge < -0.3 is 24.3 Å². The van der Waals surface area contributed by atoms with E-state index < -0.39 is 23.8 Å². The third kappa shape index (κ3) is 6.09. The lowest BCUT2D eigenvalue weighted by molar-refractivity contribution is -0.141. The first-order chi connectivity index (χ1) is 23.4. The van der Waals surface area contributed by atoms with E-state index in [2.05, 4.69) is 18.5 Å². The van der Waals surface area contributed by atoms with Crippen LogP contribution in [0.1, 0.15) is 69.5 Å². The Bertz CT molecular complexity index is 1950. The van der Waals surface area contributed by atoms with Crippen LogP contribution in [-0.4, -0.2) is 66.5 Å². The average Bonchev–Trinajstić information content (AvgIpc) is 3.79. The molecule has 0 aromatic carbocycles. The molecule has 0 saturated carbocycles. The van der Waals surface area contributed by atoms with E-state index in [-0.39, 0.29) is 30.0 Å². The van der Waals surface area contributed by atoms with Crippen LogP contribution < -0.4 is 0 Å². The van der Waals surface area contributed by atoms with Crippen molar-refractivity contribution in [1.29, 1.82) is 0 Å². The number of allylic oxidation sites excluding steroid dienone is 5. The van der Waals surface area contributed by atoms with E-state index in [1.165, 1.54) is 21.3 Å². The van der Waals surface area contributed by atoms with Crippen LogP contribution >= 0.6 is 0 Å². The predicted molar refractivity (Wildman–Crippen MR) is 189 cm³/mol. The molecule has 0 spiro atoms. The fraction of sp³-hybridized carbons (Fsp3) is 0.368. The molecule has 5 heterocycles. The van der Waals surface area contributed by atoms with Crippen LogP contribution in [0.15, 0.2) is 84.4 Å². The highest BCUT2D eigenvalue weighted by molar-refractivity contribution is 6.34. The Morgan fingerprint density at radius 1 is 0.939 bits per heavy atom. The molecule has 2 atom stereocenters. The number of esters is 3. The van der Waals surface area contributed by atoms with Gasteiger partial charge in [0.15, 0.2) is 0 Å². The second-order valence-electron chi connectivity index (χ2n) is 12.3. The molecule has 0 amide bonds. The number of aliphatic hydroxyl groups excluding tert-OH is 1. The van der Waals surface area contributed by atoms with E-state index in [0.29, 0.717) is 51.7 Å². The van der Waals surface area contributed by atoms with Crippen LogP contribution in [0.3, 0.4) is 0 Å². The summed E-state index contributed by atoms with van der Waals surface area (Å²) < 4.78 is 15.3. The number of hydrogen-bond donors (Lipinski definition) is 2. The van der Waals surface area contributed by atoms with Crippen molar-refractivity contribution in [3.05, 3.63) is 92.0 Å². The number of carbonyl (C=O) groups excluding carboxylic acids is 3. The van der Waals surface area contributed by atoms with Crippen molar-refractivity contribution < 1.29 is 33.7 Å². The van der Waals surface area contributed by atoms with E-state index in [1.54, 1.807) is 13.0 Å². The smallest absolute Gasteiger partial charge is 0.340 e. The highest BCUT2D eigenvalue weighted by Gasteiger charge is 2.41. The first-order valence-corrected chi connectivity index (χ1v) is 16.2. The number of nitrogens with one attached hydrogen (secondary N) is 1. The standard InChI is InChI=1S/C38H42N4O7/c1-10-22-18(3)27-15-30-23(11-2)19(4)34(41-30)26(17-43)35-20(5)24(12-13-31(44)47-7)36(42-35)25(14-32(45)48-8)37-33(38(46)49-9)21(6)28(40-37)16-29(22)39-27/h11,15-17,20,24,39,43H,2,10,12-14H2,1,3-9H3/b26-17+,28-16?,30-15?,36-25?/t20-,24-/m0/s1. The average molecular weight is 667 g/mol. The minimum absolute atomic E-state index is 0.0687. The van der Waals surface area contributed by atoms with Crippen molar-refractivity contribution in [3.8, 4) is 0 Å². The molecular formula is C38H42N4O7. The Morgan fingerprint density at radius 2 is 1.61 bits per heavy atom. The normalized spacial score (nSPS) is 21.0. The first kappa shape index (κ1) is 35.0. The van der Waals surface area contributed by atoms with Gasteiger partial charge in [-0.05, 0) is 68.0 Å². The molecule has 1 aromatic rings. The van der Waals surface area contributed by atoms with E-state index in [0.717, 1.165) is 46.3 Å². The molecule has 0 aliphatic carbocycles. The van der Waals surface area contributed by atoms with Crippen LogP contribution in [0.2, 0.25) is 0 Å². The van der Waals surface area contributed by atoms with E-state index >= 15 is 0 Å². The van der Waals surface area contributed by atoms with Crippen molar-refractivity contribution in [2.45, 2.75) is 60.3 Å². The number of aromatic amines is 1. The van der Waals surface area contributed by atoms with Crippen molar-refractivity contribution >= 4 is 47.2 Å². The third-order valence-corrected chi connectivity index (χ3v) is 9.77. The van der Waals surface area contributed by atoms with Crippen LogP contribution in [0.25, 0.3) is 12.2 Å². The SMILES string of the molecule is C=CC1=C(C)C2=NC1=Cc1[nH]c(c(CC)c1C)C=C1N=C(C(CC(=O)OC)=C3N=C(/C2=C/O)[C@@H](C)[C@@H]3CCC(=O)OC)C(C(=O)OC)=C1C. The molecule has 4 aliphatic rings. The lowest BCUT2D eigenvalue weighted by Gasteiger charge is -2.21. The molecule has 2 N–H and O–H groups in total. The number of hydrogen-bond acceptors (Lipinski definition) is 10. The van der Waals surface area contributed by atoms with Gasteiger partial charge in [-0.15, -0.1) is 0 Å². The Labute approximate surface area is 286 Å². The number of fused-ring (bicyclic) bond motifs is 5. The van der Waals surface area contributed by atoms with Gasteiger partial charge in [-0.25, -0.2) is 14.8 Å². The predicted octanol–water partition coefficient (Wildman–Crippen LogP) is 6.40. The maximum Gasteiger partial charge on any atom is 0.340 e. The maximum absolute atomic E-state index is 13.5. The fourth-order valence-electron chi connectivity index (χ4n) is 7.03. The number of rotatable bonds is 8. The largest absolute Gasteiger partial charge is 0.515 e. The van der Waals surface area contributed by atoms with Gasteiger partial charge in [-0.1, -0.05) is 26.5 Å². The maximum atomic E-state index is 13.5. The van der Waals surface area contributed by atoms with Crippen LogP contribution in [-0.2, 0) is 35.0 Å². The van der Waals surface area contributed by atoms with Crippen molar-refractivity contribution in [1.82, 2.24) is 4.98 Å². The molecule has 1 aromatic heterocycles. The number of ether oxygens (including phenoxy) is 3. The van der Waals surface area contributed by atoms with Gasteiger partial charge in [0.25, 0.3) is 0 Å². The van der Waals surface area contributed by atoms with Gasteiger partial charge in [0.1, 0.15) is 0 Å². The molecule has 0 fully saturated rings. The number of aliphatic imine (C=N–C) groups is 3. The zero-order valence-electron chi connectivity index (χ0n) is 29.2. The van der Waals surface area contributed by atoms with Crippen LogP contribution in [0.5, 0.6) is 0 Å². The summed E-state index contributed by atoms with van der Waals surface area (Å²) in [6.07, 6.45) is 7.44. The van der Waals surface area contributed by atoms with Gasteiger partial charge in [-0.2, -0.15) is 0 Å². The van der Waals surface area contributed by atoms with Gasteiger partial charge in [0.2, 0.25) is 0 Å². The number of H-pyrrole nitrogens is 1. The first-order valence-electron chi connectivity index (χ1n) is 16.2. The molecule has 5 rings (SSSR count). The number of methoxy groups -OCH3 is 3. The van der Waals surface area contributed by atoms with E-state index in [9.17, 15) is 19.5 Å². The van der Waals surface area contributed by atoms with Crippen LogP contribution in [0, 0.1) is 18.8 Å². The van der Waals surface area contributed by atoms with Crippen molar-refractivity contribution in [3.63, 3.8) is 0 Å². The summed E-state index contributed by atoms with van der Waals surface area (Å²) in [5.41, 5.74) is 9.79. The Hall–Kier alpha value is -5.32. The highest BCUT2D eigenvalue weighted by atomic mass is 16.5. The summed E-state index contributed by atoms with van der Waals surface area (Å²) in [5, 5.41) is 10.8. The topological polar surface area (TPSA) is 152 Å². The van der Waals surface area contributed by atoms with E-state index in [4.69, 9.17) is 29.2 Å². The number of nitrogens with zero attached hydrogens (tertiary/aromatic N) is 3. The van der Waals surface area contributed by atoms with Gasteiger partial charge in [-0.3, -0.25) is 14.6 Å². The molecule has 11 nitrogen and oxygen atoms in total. The quantitative estimate of drug-likeness (QED) is 0.185. The van der Waals surface area contributed by atoms with Gasteiger partial charge >= 0.3 is 17.9 Å². The van der Waals surface area contributed by atoms with Crippen molar-refractivity contribution in [2.24, 2.45) is 26.8 Å². The fourth-order valence-corrected chi connectivity index (χ4v) is 7.03. The Morgan fingerprint density at radius 3 is 2.22 bits per heavy atom. The minimum atomic E-state index is -0.619. The lowest BCUT2D eigenvalue weighted by Crippen LogP contribution is -2.24. The third-order valence-electron chi connectivity index (χ3n) is 9.77. The number of carbonyl (C=O) groups is 3. The number of aliphatic hydroxyl groups is 1. The molecular weight excluding hydrogens is 624 g/mol. The van der Waals surface area contributed by atoms with E-state index in [1.807, 2.05) is 32.9 Å². The Kier molecular flexibility index (Phi) is 10.0. The zero-order chi connectivity index (χ0) is 35.7. The molecule has 8 bridgehead atoms.